The number of rotatable bonds is 8. The number of nitrogens with zero attached hydrogens (tertiary/aromatic N) is 1. The molecular formula is C31H34F6N2O5S. The number of cyclic esters (lactones) is 1. The molecule has 1 saturated carbocycles. The van der Waals surface area contributed by atoms with Gasteiger partial charge < -0.3 is 9.47 Å². The molecule has 2 fully saturated rings. The minimum atomic E-state index is -5.05. The van der Waals surface area contributed by atoms with Gasteiger partial charge >= 0.3 is 18.4 Å². The Bertz CT molecular complexity index is 1600. The molecule has 0 bridgehead atoms. The maximum atomic E-state index is 13.5. The molecular weight excluding hydrogens is 626 g/mol. The van der Waals surface area contributed by atoms with Gasteiger partial charge in [-0.25, -0.2) is 13.2 Å². The van der Waals surface area contributed by atoms with Gasteiger partial charge in [-0.2, -0.15) is 26.3 Å². The van der Waals surface area contributed by atoms with E-state index in [4.69, 9.17) is 9.47 Å². The molecule has 1 aliphatic heterocycles. The molecule has 2 aliphatic carbocycles. The molecule has 0 aromatic heterocycles. The summed E-state index contributed by atoms with van der Waals surface area (Å²) in [5.74, 6) is 0.482. The molecule has 1 heterocycles. The third kappa shape index (κ3) is 7.05. The number of hydrogen-bond acceptors (Lipinski definition) is 5. The number of hydrogen-bond donors (Lipinski definition) is 1. The zero-order valence-electron chi connectivity index (χ0n) is 25.1. The van der Waals surface area contributed by atoms with Gasteiger partial charge in [-0.15, -0.1) is 0 Å². The Labute approximate surface area is 257 Å². The first-order chi connectivity index (χ1) is 20.8. The fourth-order valence-corrected chi connectivity index (χ4v) is 7.41. The molecule has 2 atom stereocenters. The SMILES string of the molecule is COc1ccc(NS(=O)(=O)C2CC2)cc1C1=C(CN2C(=O)O[C@H](c3cc(C(F)(F)F)cc(C(F)(F)F)c3)[C@@H]2C)CC(C)(C)CC1. The maximum absolute atomic E-state index is 13.5. The van der Waals surface area contributed by atoms with E-state index in [1.165, 1.54) is 18.9 Å². The number of ether oxygens (including phenoxy) is 2. The van der Waals surface area contributed by atoms with E-state index in [2.05, 4.69) is 18.6 Å². The Kier molecular flexibility index (Phi) is 8.37. The van der Waals surface area contributed by atoms with E-state index < -0.39 is 62.6 Å². The van der Waals surface area contributed by atoms with Crippen LogP contribution < -0.4 is 9.46 Å². The van der Waals surface area contributed by atoms with Crippen LogP contribution in [-0.2, 0) is 27.1 Å². The molecule has 45 heavy (non-hydrogen) atoms. The van der Waals surface area contributed by atoms with Gasteiger partial charge in [0, 0.05) is 17.8 Å². The van der Waals surface area contributed by atoms with Crippen molar-refractivity contribution in [2.45, 2.75) is 82.6 Å². The lowest BCUT2D eigenvalue weighted by Crippen LogP contribution is -2.35. The molecule has 0 radical (unpaired) electrons. The monoisotopic (exact) mass is 660 g/mol. The zero-order chi connectivity index (χ0) is 33.1. The molecule has 14 heteroatoms. The van der Waals surface area contributed by atoms with E-state index in [9.17, 15) is 39.6 Å². The molecule has 2 aromatic carbocycles. The molecule has 3 aliphatic rings. The highest BCUT2D eigenvalue weighted by atomic mass is 32.2. The third-order valence-electron chi connectivity index (χ3n) is 8.61. The van der Waals surface area contributed by atoms with Crippen LogP contribution >= 0.6 is 0 Å². The van der Waals surface area contributed by atoms with Crippen molar-refractivity contribution < 1.29 is 49.0 Å². The minimum Gasteiger partial charge on any atom is -0.496 e. The molecule has 246 valence electrons. The number of nitrogens with one attached hydrogen (secondary N) is 1. The number of methoxy groups -OCH3 is 1. The third-order valence-corrected chi connectivity index (χ3v) is 10.5. The molecule has 1 amide bonds. The lowest BCUT2D eigenvalue weighted by Gasteiger charge is -2.36. The first kappa shape index (κ1) is 33.0. The molecule has 7 nitrogen and oxygen atoms in total. The van der Waals surface area contributed by atoms with E-state index in [1.54, 1.807) is 18.2 Å². The van der Waals surface area contributed by atoms with Crippen molar-refractivity contribution >= 4 is 27.4 Å². The van der Waals surface area contributed by atoms with Gasteiger partial charge in [0.15, 0.2) is 0 Å². The number of halogens is 6. The van der Waals surface area contributed by atoms with E-state index in [1.807, 2.05) is 0 Å². The summed E-state index contributed by atoms with van der Waals surface area (Å²) in [5, 5.41) is -0.437. The van der Waals surface area contributed by atoms with Crippen molar-refractivity contribution in [2.24, 2.45) is 5.41 Å². The molecule has 0 spiro atoms. The average molecular weight is 661 g/mol. The number of carbonyl (C=O) groups excluding carboxylic acids is 1. The Morgan fingerprint density at radius 1 is 1.02 bits per heavy atom. The van der Waals surface area contributed by atoms with Crippen molar-refractivity contribution in [2.75, 3.05) is 18.4 Å². The van der Waals surface area contributed by atoms with Gasteiger partial charge in [-0.05, 0) is 97.6 Å². The van der Waals surface area contributed by atoms with E-state index in [-0.39, 0.29) is 18.0 Å². The number of amides is 1. The second kappa shape index (κ2) is 11.4. The lowest BCUT2D eigenvalue weighted by molar-refractivity contribution is -0.143. The largest absolute Gasteiger partial charge is 0.496 e. The van der Waals surface area contributed by atoms with Gasteiger partial charge in [-0.3, -0.25) is 9.62 Å². The Hall–Kier alpha value is -3.42. The summed E-state index contributed by atoms with van der Waals surface area (Å²) < 4.78 is 120. The first-order valence-corrected chi connectivity index (χ1v) is 16.0. The van der Waals surface area contributed by atoms with E-state index >= 15 is 0 Å². The quantitative estimate of drug-likeness (QED) is 0.289. The molecule has 0 unspecified atom stereocenters. The Morgan fingerprint density at radius 2 is 1.64 bits per heavy atom. The number of alkyl halides is 6. The molecule has 5 rings (SSSR count). The zero-order valence-corrected chi connectivity index (χ0v) is 25.9. The summed E-state index contributed by atoms with van der Waals surface area (Å²) in [7, 11) is -2.07. The highest BCUT2D eigenvalue weighted by Gasteiger charge is 2.44. The second-order valence-electron chi connectivity index (χ2n) is 12.7. The summed E-state index contributed by atoms with van der Waals surface area (Å²) >= 11 is 0. The highest BCUT2D eigenvalue weighted by Crippen LogP contribution is 2.47. The van der Waals surface area contributed by atoms with Crippen LogP contribution in [0, 0.1) is 5.41 Å². The van der Waals surface area contributed by atoms with Crippen LogP contribution in [0.2, 0.25) is 0 Å². The van der Waals surface area contributed by atoms with E-state index in [0.29, 0.717) is 54.8 Å². The molecule has 2 aromatic rings. The summed E-state index contributed by atoms with van der Waals surface area (Å²) in [6.45, 7) is 5.63. The predicted molar refractivity (Wildman–Crippen MR) is 155 cm³/mol. The second-order valence-corrected chi connectivity index (χ2v) is 14.7. The van der Waals surface area contributed by atoms with E-state index in [0.717, 1.165) is 17.6 Å². The summed E-state index contributed by atoms with van der Waals surface area (Å²) in [5.41, 5.74) is -0.967. The minimum absolute atomic E-state index is 0.00152. The Morgan fingerprint density at radius 3 is 2.20 bits per heavy atom. The van der Waals surface area contributed by atoms with Crippen LogP contribution in [-0.4, -0.2) is 44.4 Å². The standard InChI is InChI=1S/C31H34F6N2O5S/c1-17-27(18-11-20(30(32,33)34)13-21(12-18)31(35,36)37)44-28(40)39(17)16-19-15-29(2,3)10-9-24(19)25-14-22(5-8-26(25)43-4)38-45(41,42)23-6-7-23/h5,8,11-14,17,23,27,38H,6-7,9-10,15-16H2,1-4H3/t17-,27-/m0/s1. The maximum Gasteiger partial charge on any atom is 0.416 e. The van der Waals surface area contributed by atoms with Crippen LogP contribution in [0.4, 0.5) is 36.8 Å². The van der Waals surface area contributed by atoms with Crippen molar-refractivity contribution in [1.82, 2.24) is 4.90 Å². The van der Waals surface area contributed by atoms with Crippen LogP contribution in [0.3, 0.4) is 0 Å². The predicted octanol–water partition coefficient (Wildman–Crippen LogP) is 8.18. The van der Waals surface area contributed by atoms with Gasteiger partial charge in [0.05, 0.1) is 29.5 Å². The highest BCUT2D eigenvalue weighted by molar-refractivity contribution is 7.93. The lowest BCUT2D eigenvalue weighted by atomic mass is 9.72. The molecule has 1 N–H and O–H groups in total. The van der Waals surface area contributed by atoms with Gasteiger partial charge in [0.1, 0.15) is 11.9 Å². The average Bonchev–Trinajstić information content (AvgIpc) is 3.75. The van der Waals surface area contributed by atoms with Crippen molar-refractivity contribution in [3.05, 3.63) is 64.2 Å². The fraction of sp³-hybridized carbons (Fsp3) is 0.516. The van der Waals surface area contributed by atoms with Crippen LogP contribution in [0.5, 0.6) is 5.75 Å². The number of anilines is 1. The number of benzene rings is 2. The van der Waals surface area contributed by atoms with Gasteiger partial charge in [0.2, 0.25) is 10.0 Å². The normalized spacial score (nSPS) is 22.4. The van der Waals surface area contributed by atoms with Gasteiger partial charge in [0.25, 0.3) is 0 Å². The van der Waals surface area contributed by atoms with Gasteiger partial charge in [-0.1, -0.05) is 13.8 Å². The summed E-state index contributed by atoms with van der Waals surface area (Å²) in [6.07, 6.45) is -9.32. The first-order valence-electron chi connectivity index (χ1n) is 14.5. The van der Waals surface area contributed by atoms with Crippen molar-refractivity contribution in [1.29, 1.82) is 0 Å². The Balaban J connectivity index is 1.51. The van der Waals surface area contributed by atoms with Crippen molar-refractivity contribution in [3.63, 3.8) is 0 Å². The number of carbonyl (C=O) groups is 1. The van der Waals surface area contributed by atoms with Crippen LogP contribution in [0.25, 0.3) is 5.57 Å². The molecule has 1 saturated heterocycles. The van der Waals surface area contributed by atoms with Crippen molar-refractivity contribution in [3.8, 4) is 5.75 Å². The number of allylic oxidation sites excluding steroid dienone is 1. The summed E-state index contributed by atoms with van der Waals surface area (Å²) in [4.78, 5) is 14.5. The van der Waals surface area contributed by atoms with Crippen LogP contribution in [0.1, 0.15) is 81.2 Å². The smallest absolute Gasteiger partial charge is 0.416 e. The summed E-state index contributed by atoms with van der Waals surface area (Å²) in [6, 6.07) is 5.24. The number of sulfonamides is 1. The fourth-order valence-electron chi connectivity index (χ4n) is 6.03. The topological polar surface area (TPSA) is 84.9 Å². The van der Waals surface area contributed by atoms with Crippen LogP contribution in [0.15, 0.2) is 42.0 Å².